The Morgan fingerprint density at radius 2 is 1.64 bits per heavy atom. The van der Waals surface area contributed by atoms with E-state index in [1.165, 1.54) is 0 Å². The van der Waals surface area contributed by atoms with E-state index in [1.807, 2.05) is 0 Å². The summed E-state index contributed by atoms with van der Waals surface area (Å²) in [7, 11) is 0. The summed E-state index contributed by atoms with van der Waals surface area (Å²) in [6.07, 6.45) is 1.57. The Morgan fingerprint density at radius 3 is 1.93 bits per heavy atom. The van der Waals surface area contributed by atoms with E-state index >= 15 is 0 Å². The fourth-order valence-corrected chi connectivity index (χ4v) is 1.81. The van der Waals surface area contributed by atoms with Gasteiger partial charge in [0.05, 0.1) is 12.8 Å². The Kier molecular flexibility index (Phi) is 3.27. The molecule has 0 aromatic heterocycles. The molecule has 1 atom stereocenters. The highest BCUT2D eigenvalue weighted by molar-refractivity contribution is 4.83. The Morgan fingerprint density at radius 1 is 1.07 bits per heavy atom. The fraction of sp³-hybridized carbons (Fsp3) is 1.00. The lowest BCUT2D eigenvalue weighted by atomic mass is 9.86. The van der Waals surface area contributed by atoms with Gasteiger partial charge in [0.15, 0.2) is 0 Å². The van der Waals surface area contributed by atoms with Crippen molar-refractivity contribution in [2.75, 3.05) is 13.3 Å². The van der Waals surface area contributed by atoms with Crippen LogP contribution in [0.15, 0.2) is 0 Å². The zero-order valence-corrected chi connectivity index (χ0v) is 10.6. The molecule has 0 N–H and O–H groups in total. The number of nitrogens with zero attached hydrogens (tertiary/aromatic N) is 1. The zero-order valence-electron chi connectivity index (χ0n) is 10.6. The van der Waals surface area contributed by atoms with Crippen LogP contribution in [0.2, 0.25) is 0 Å². The maximum Gasteiger partial charge on any atom is 0.0998 e. The van der Waals surface area contributed by atoms with E-state index < -0.39 is 0 Å². The minimum atomic E-state index is 0.239. The van der Waals surface area contributed by atoms with Crippen molar-refractivity contribution in [2.24, 2.45) is 5.41 Å². The van der Waals surface area contributed by atoms with Crippen molar-refractivity contribution in [3.05, 3.63) is 0 Å². The average molecular weight is 199 g/mol. The van der Waals surface area contributed by atoms with Gasteiger partial charge in [0, 0.05) is 12.1 Å². The molecule has 1 unspecified atom stereocenters. The third-order valence-electron chi connectivity index (χ3n) is 3.01. The minimum absolute atomic E-state index is 0.239. The van der Waals surface area contributed by atoms with Crippen LogP contribution in [-0.4, -0.2) is 29.8 Å². The van der Waals surface area contributed by atoms with Crippen LogP contribution >= 0.6 is 0 Å². The predicted octanol–water partition coefficient (Wildman–Crippen LogP) is 2.88. The summed E-state index contributed by atoms with van der Waals surface area (Å²) >= 11 is 0. The molecule has 0 amide bonds. The first-order chi connectivity index (χ1) is 6.21. The largest absolute Gasteiger partial charge is 0.362 e. The van der Waals surface area contributed by atoms with Crippen LogP contribution in [0.3, 0.4) is 0 Å². The first-order valence-electron chi connectivity index (χ1n) is 5.58. The van der Waals surface area contributed by atoms with E-state index in [2.05, 4.69) is 46.4 Å². The molecule has 1 aliphatic heterocycles. The number of hydrogen-bond acceptors (Lipinski definition) is 2. The third-order valence-corrected chi connectivity index (χ3v) is 3.01. The lowest BCUT2D eigenvalue weighted by molar-refractivity contribution is -0.133. The minimum Gasteiger partial charge on any atom is -0.362 e. The molecular formula is C12H25NO. The lowest BCUT2D eigenvalue weighted by Gasteiger charge is -2.44. The molecule has 1 saturated heterocycles. The second-order valence-corrected chi connectivity index (χ2v) is 6.37. The van der Waals surface area contributed by atoms with Crippen LogP contribution in [0.5, 0.6) is 0 Å². The summed E-state index contributed by atoms with van der Waals surface area (Å²) in [5.74, 6) is 0. The molecule has 1 rings (SSSR count). The van der Waals surface area contributed by atoms with Crippen LogP contribution in [-0.2, 0) is 4.74 Å². The van der Waals surface area contributed by atoms with E-state index in [9.17, 15) is 0 Å². The van der Waals surface area contributed by atoms with Crippen molar-refractivity contribution in [3.8, 4) is 0 Å². The second kappa shape index (κ2) is 3.82. The summed E-state index contributed by atoms with van der Waals surface area (Å²) in [5.41, 5.74) is 0.521. The third kappa shape index (κ3) is 2.96. The average Bonchev–Trinajstić information content (AvgIpc) is 2.01. The van der Waals surface area contributed by atoms with Crippen molar-refractivity contribution in [2.45, 2.75) is 59.6 Å². The van der Waals surface area contributed by atoms with Gasteiger partial charge in [-0.1, -0.05) is 20.8 Å². The van der Waals surface area contributed by atoms with Crippen LogP contribution < -0.4 is 0 Å². The standard InChI is InChI=1S/C12H25NO/c1-11(2,3)10-7-8-13(9-14-10)12(4,5)6/h10H,7-9H2,1-6H3. The number of hydrogen-bond donors (Lipinski definition) is 0. The molecule has 14 heavy (non-hydrogen) atoms. The van der Waals surface area contributed by atoms with Gasteiger partial charge < -0.3 is 4.74 Å². The topological polar surface area (TPSA) is 12.5 Å². The molecule has 0 saturated carbocycles. The molecule has 2 nitrogen and oxygen atoms in total. The van der Waals surface area contributed by atoms with Crippen molar-refractivity contribution in [1.82, 2.24) is 4.90 Å². The molecule has 0 aliphatic carbocycles. The van der Waals surface area contributed by atoms with Crippen molar-refractivity contribution >= 4 is 0 Å². The first-order valence-corrected chi connectivity index (χ1v) is 5.58. The molecule has 0 bridgehead atoms. The van der Waals surface area contributed by atoms with Gasteiger partial charge in [0.25, 0.3) is 0 Å². The van der Waals surface area contributed by atoms with Crippen molar-refractivity contribution in [1.29, 1.82) is 0 Å². The highest BCUT2D eigenvalue weighted by atomic mass is 16.5. The zero-order chi connectivity index (χ0) is 11.0. The molecule has 84 valence electrons. The lowest BCUT2D eigenvalue weighted by Crippen LogP contribution is -2.50. The quantitative estimate of drug-likeness (QED) is 0.595. The monoisotopic (exact) mass is 199 g/mol. The normalized spacial score (nSPS) is 26.6. The summed E-state index contributed by atoms with van der Waals surface area (Å²) in [5, 5.41) is 0. The van der Waals surface area contributed by atoms with Crippen molar-refractivity contribution < 1.29 is 4.74 Å². The molecule has 1 aliphatic rings. The van der Waals surface area contributed by atoms with E-state index in [1.54, 1.807) is 0 Å². The van der Waals surface area contributed by atoms with Crippen LogP contribution in [0.4, 0.5) is 0 Å². The summed E-state index contributed by atoms with van der Waals surface area (Å²) in [6.45, 7) is 15.4. The van der Waals surface area contributed by atoms with Gasteiger partial charge in [0.1, 0.15) is 0 Å². The first kappa shape index (κ1) is 12.0. The molecule has 0 aromatic rings. The van der Waals surface area contributed by atoms with Gasteiger partial charge in [-0.25, -0.2) is 0 Å². The van der Waals surface area contributed by atoms with Gasteiger partial charge >= 0.3 is 0 Å². The van der Waals surface area contributed by atoms with E-state index in [4.69, 9.17) is 4.74 Å². The Hall–Kier alpha value is -0.0800. The predicted molar refractivity (Wildman–Crippen MR) is 60.3 cm³/mol. The van der Waals surface area contributed by atoms with Gasteiger partial charge in [-0.05, 0) is 32.6 Å². The Bertz CT molecular complexity index is 157. The van der Waals surface area contributed by atoms with Crippen molar-refractivity contribution in [3.63, 3.8) is 0 Å². The second-order valence-electron chi connectivity index (χ2n) is 6.37. The molecule has 0 radical (unpaired) electrons. The maximum atomic E-state index is 5.91. The van der Waals surface area contributed by atoms with Crippen LogP contribution in [0, 0.1) is 5.41 Å². The SMILES string of the molecule is CC(C)(C)C1CCN(C(C)(C)C)CO1. The molecule has 0 spiro atoms. The van der Waals surface area contributed by atoms with Gasteiger partial charge in [-0.15, -0.1) is 0 Å². The fourth-order valence-electron chi connectivity index (χ4n) is 1.81. The summed E-state index contributed by atoms with van der Waals surface area (Å²) in [6, 6.07) is 0. The van der Waals surface area contributed by atoms with E-state index in [0.717, 1.165) is 19.7 Å². The Labute approximate surface area is 88.6 Å². The molecule has 1 fully saturated rings. The molecule has 2 heteroatoms. The molecular weight excluding hydrogens is 174 g/mol. The highest BCUT2D eigenvalue weighted by Gasteiger charge is 2.33. The summed E-state index contributed by atoms with van der Waals surface area (Å²) in [4.78, 5) is 2.40. The van der Waals surface area contributed by atoms with Gasteiger partial charge in [0.2, 0.25) is 0 Å². The van der Waals surface area contributed by atoms with E-state index in [0.29, 0.717) is 6.10 Å². The highest BCUT2D eigenvalue weighted by Crippen LogP contribution is 2.29. The number of ether oxygens (including phenoxy) is 1. The smallest absolute Gasteiger partial charge is 0.0998 e. The summed E-state index contributed by atoms with van der Waals surface area (Å²) < 4.78 is 5.91. The van der Waals surface area contributed by atoms with Gasteiger partial charge in [-0.2, -0.15) is 0 Å². The molecule has 0 aromatic carbocycles. The maximum absolute atomic E-state index is 5.91. The number of rotatable bonds is 0. The molecule has 1 heterocycles. The van der Waals surface area contributed by atoms with Crippen LogP contribution in [0.1, 0.15) is 48.0 Å². The van der Waals surface area contributed by atoms with E-state index in [-0.39, 0.29) is 11.0 Å². The van der Waals surface area contributed by atoms with Crippen LogP contribution in [0.25, 0.3) is 0 Å². The Balaban J connectivity index is 2.47. The van der Waals surface area contributed by atoms with Gasteiger partial charge in [-0.3, -0.25) is 4.90 Å².